The molecule has 5 heteroatoms. The lowest BCUT2D eigenvalue weighted by molar-refractivity contribution is -0.0506. The average molecular weight is 284 g/mol. The first kappa shape index (κ1) is 15.2. The van der Waals surface area contributed by atoms with E-state index in [4.69, 9.17) is 5.73 Å². The van der Waals surface area contributed by atoms with Crippen LogP contribution in [-0.4, -0.2) is 31.1 Å². The Morgan fingerprint density at radius 3 is 2.40 bits per heavy atom. The molecule has 112 valence electrons. The van der Waals surface area contributed by atoms with Crippen LogP contribution in [0.15, 0.2) is 24.3 Å². The van der Waals surface area contributed by atoms with Crippen LogP contribution in [0, 0.1) is 0 Å². The number of para-hydroxylation sites is 1. The first-order valence-corrected chi connectivity index (χ1v) is 7.18. The second-order valence-electron chi connectivity index (χ2n) is 5.24. The Kier molecular flexibility index (Phi) is 5.73. The topological polar surface area (TPSA) is 38.5 Å². The third-order valence-electron chi connectivity index (χ3n) is 3.69. The molecule has 1 fully saturated rings. The number of benzene rings is 1. The van der Waals surface area contributed by atoms with Crippen molar-refractivity contribution >= 4 is 0 Å². The molecule has 20 heavy (non-hydrogen) atoms. The van der Waals surface area contributed by atoms with Crippen LogP contribution in [0.5, 0.6) is 5.75 Å². The molecule has 0 amide bonds. The SMILES string of the molecule is NC(CN1CCCCCC1)c1ccccc1OC(F)F. The van der Waals surface area contributed by atoms with Gasteiger partial charge in [0.2, 0.25) is 0 Å². The third-order valence-corrected chi connectivity index (χ3v) is 3.69. The van der Waals surface area contributed by atoms with Crippen LogP contribution in [0.1, 0.15) is 37.3 Å². The number of hydrogen-bond donors (Lipinski definition) is 1. The Bertz CT molecular complexity index is 407. The van der Waals surface area contributed by atoms with Crippen molar-refractivity contribution in [3.05, 3.63) is 29.8 Å². The van der Waals surface area contributed by atoms with Gasteiger partial charge in [-0.3, -0.25) is 0 Å². The van der Waals surface area contributed by atoms with Crippen LogP contribution in [0.4, 0.5) is 8.78 Å². The van der Waals surface area contributed by atoms with Crippen molar-refractivity contribution in [1.29, 1.82) is 0 Å². The zero-order valence-electron chi connectivity index (χ0n) is 11.6. The molecule has 0 spiro atoms. The van der Waals surface area contributed by atoms with Crippen LogP contribution >= 0.6 is 0 Å². The number of ether oxygens (including phenoxy) is 1. The number of likely N-dealkylation sites (tertiary alicyclic amines) is 1. The summed E-state index contributed by atoms with van der Waals surface area (Å²) in [5.74, 6) is 0.185. The zero-order chi connectivity index (χ0) is 14.4. The van der Waals surface area contributed by atoms with E-state index in [1.165, 1.54) is 25.7 Å². The van der Waals surface area contributed by atoms with Gasteiger partial charge in [-0.2, -0.15) is 8.78 Å². The molecule has 2 rings (SSSR count). The molecule has 0 aromatic heterocycles. The number of rotatable bonds is 5. The lowest BCUT2D eigenvalue weighted by Gasteiger charge is -2.25. The fourth-order valence-electron chi connectivity index (χ4n) is 2.69. The molecule has 2 N–H and O–H groups in total. The highest BCUT2D eigenvalue weighted by molar-refractivity contribution is 5.36. The molecule has 0 radical (unpaired) electrons. The Balaban J connectivity index is 2.02. The first-order chi connectivity index (χ1) is 9.66. The van der Waals surface area contributed by atoms with Gasteiger partial charge >= 0.3 is 6.61 Å². The van der Waals surface area contributed by atoms with Gasteiger partial charge in [-0.25, -0.2) is 0 Å². The second-order valence-corrected chi connectivity index (χ2v) is 5.24. The monoisotopic (exact) mass is 284 g/mol. The molecule has 1 aliphatic heterocycles. The molecular weight excluding hydrogens is 262 g/mol. The minimum absolute atomic E-state index is 0.185. The summed E-state index contributed by atoms with van der Waals surface area (Å²) < 4.78 is 29.4. The molecule has 1 aromatic carbocycles. The molecule has 1 heterocycles. The van der Waals surface area contributed by atoms with Crippen LogP contribution in [0.25, 0.3) is 0 Å². The summed E-state index contributed by atoms with van der Waals surface area (Å²) in [7, 11) is 0. The van der Waals surface area contributed by atoms with Crippen molar-refractivity contribution in [3.63, 3.8) is 0 Å². The van der Waals surface area contributed by atoms with Crippen molar-refractivity contribution in [2.75, 3.05) is 19.6 Å². The smallest absolute Gasteiger partial charge is 0.387 e. The largest absolute Gasteiger partial charge is 0.434 e. The van der Waals surface area contributed by atoms with E-state index in [-0.39, 0.29) is 11.8 Å². The number of nitrogens with two attached hydrogens (primary N) is 1. The minimum Gasteiger partial charge on any atom is -0.434 e. The summed E-state index contributed by atoms with van der Waals surface area (Å²) in [6, 6.07) is 6.49. The van der Waals surface area contributed by atoms with Gasteiger partial charge in [-0.15, -0.1) is 0 Å². The summed E-state index contributed by atoms with van der Waals surface area (Å²) >= 11 is 0. The predicted octanol–water partition coefficient (Wildman–Crippen LogP) is 3.16. The predicted molar refractivity (Wildman–Crippen MR) is 74.9 cm³/mol. The second kappa shape index (κ2) is 7.55. The summed E-state index contributed by atoms with van der Waals surface area (Å²) in [5, 5.41) is 0. The van der Waals surface area contributed by atoms with E-state index in [1.54, 1.807) is 24.3 Å². The average Bonchev–Trinajstić information content (AvgIpc) is 2.67. The maximum atomic E-state index is 12.4. The van der Waals surface area contributed by atoms with E-state index in [0.29, 0.717) is 12.1 Å². The van der Waals surface area contributed by atoms with Gasteiger partial charge in [0.05, 0.1) is 0 Å². The van der Waals surface area contributed by atoms with E-state index in [2.05, 4.69) is 9.64 Å². The maximum absolute atomic E-state index is 12.4. The van der Waals surface area contributed by atoms with Crippen molar-refractivity contribution in [3.8, 4) is 5.75 Å². The van der Waals surface area contributed by atoms with Gasteiger partial charge in [0.25, 0.3) is 0 Å². The van der Waals surface area contributed by atoms with Crippen molar-refractivity contribution in [2.45, 2.75) is 38.3 Å². The van der Waals surface area contributed by atoms with E-state index in [1.807, 2.05) is 0 Å². The highest BCUT2D eigenvalue weighted by Gasteiger charge is 2.18. The summed E-state index contributed by atoms with van der Waals surface area (Å²) in [6.45, 7) is -0.0673. The van der Waals surface area contributed by atoms with Gasteiger partial charge in [-0.1, -0.05) is 31.0 Å². The Morgan fingerprint density at radius 2 is 1.75 bits per heavy atom. The van der Waals surface area contributed by atoms with E-state index in [9.17, 15) is 8.78 Å². The Labute approximate surface area is 118 Å². The highest BCUT2D eigenvalue weighted by atomic mass is 19.3. The fourth-order valence-corrected chi connectivity index (χ4v) is 2.69. The molecule has 1 unspecified atom stereocenters. The fraction of sp³-hybridized carbons (Fsp3) is 0.600. The van der Waals surface area contributed by atoms with Gasteiger partial charge in [0.1, 0.15) is 5.75 Å². The van der Waals surface area contributed by atoms with E-state index < -0.39 is 6.61 Å². The quantitative estimate of drug-likeness (QED) is 0.902. The summed E-state index contributed by atoms with van der Waals surface area (Å²) in [5.41, 5.74) is 6.84. The third kappa shape index (κ3) is 4.42. The first-order valence-electron chi connectivity index (χ1n) is 7.18. The van der Waals surface area contributed by atoms with Gasteiger partial charge in [0.15, 0.2) is 0 Å². The van der Waals surface area contributed by atoms with Crippen LogP contribution in [0.2, 0.25) is 0 Å². The molecular formula is C15H22F2N2O. The lowest BCUT2D eigenvalue weighted by Crippen LogP contribution is -2.33. The van der Waals surface area contributed by atoms with E-state index in [0.717, 1.165) is 13.1 Å². The molecule has 0 saturated carbocycles. The number of halogens is 2. The standard InChI is InChI=1S/C15H22F2N2O/c16-15(17)20-14-8-4-3-7-12(14)13(18)11-19-9-5-1-2-6-10-19/h3-4,7-8,13,15H,1-2,5-6,9-11,18H2. The van der Waals surface area contributed by atoms with Crippen LogP contribution in [0.3, 0.4) is 0 Å². The Morgan fingerprint density at radius 1 is 1.10 bits per heavy atom. The summed E-state index contributed by atoms with van der Waals surface area (Å²) in [4.78, 5) is 2.32. The van der Waals surface area contributed by atoms with Gasteiger partial charge < -0.3 is 15.4 Å². The van der Waals surface area contributed by atoms with E-state index >= 15 is 0 Å². The Hall–Kier alpha value is -1.20. The number of alkyl halides is 2. The van der Waals surface area contributed by atoms with Crippen molar-refractivity contribution in [2.24, 2.45) is 5.73 Å². The molecule has 0 aliphatic carbocycles. The van der Waals surface area contributed by atoms with Gasteiger partial charge in [0, 0.05) is 18.2 Å². The molecule has 1 atom stereocenters. The molecule has 1 aromatic rings. The lowest BCUT2D eigenvalue weighted by atomic mass is 10.1. The normalized spacial score (nSPS) is 18.8. The van der Waals surface area contributed by atoms with Gasteiger partial charge in [-0.05, 0) is 32.0 Å². The van der Waals surface area contributed by atoms with Crippen molar-refractivity contribution < 1.29 is 13.5 Å². The zero-order valence-corrected chi connectivity index (χ0v) is 11.6. The molecule has 0 bridgehead atoms. The van der Waals surface area contributed by atoms with Crippen LogP contribution in [-0.2, 0) is 0 Å². The minimum atomic E-state index is -2.82. The maximum Gasteiger partial charge on any atom is 0.387 e. The number of hydrogen-bond acceptors (Lipinski definition) is 3. The summed E-state index contributed by atoms with van der Waals surface area (Å²) in [6.07, 6.45) is 4.89. The molecule has 1 aliphatic rings. The van der Waals surface area contributed by atoms with Crippen LogP contribution < -0.4 is 10.5 Å². The molecule has 1 saturated heterocycles. The molecule has 3 nitrogen and oxygen atoms in total. The highest BCUT2D eigenvalue weighted by Crippen LogP contribution is 2.26. The number of nitrogens with zero attached hydrogens (tertiary/aromatic N) is 1. The van der Waals surface area contributed by atoms with Crippen molar-refractivity contribution in [1.82, 2.24) is 4.90 Å².